The quantitative estimate of drug-likeness (QED) is 0.331. The highest BCUT2D eigenvalue weighted by atomic mass is 79.9. The molecule has 7 heteroatoms. The lowest BCUT2D eigenvalue weighted by Crippen LogP contribution is -2.17. The lowest BCUT2D eigenvalue weighted by atomic mass is 10.2. The summed E-state index contributed by atoms with van der Waals surface area (Å²) in [6.07, 6.45) is 6.64. The van der Waals surface area contributed by atoms with Crippen molar-refractivity contribution in [2.75, 3.05) is 0 Å². The molecule has 4 nitrogen and oxygen atoms in total. The Morgan fingerprint density at radius 3 is 2.71 bits per heavy atom. The molecule has 0 amide bonds. The molecular formula is C21H18BrClN4S. The van der Waals surface area contributed by atoms with Gasteiger partial charge in [-0.3, -0.25) is 0 Å². The standard InChI is InChI=1S/C21H18BrClN4S/c22-17-7-5-16(6-8-17)20-14-28-21(25-19-4-1-3-18(23)13-19)27(20)11-2-10-26-12-9-24-15-26/h1,3-9,12-15H,2,10-11H2. The number of aromatic nitrogens is 3. The molecule has 2 aromatic carbocycles. The maximum Gasteiger partial charge on any atom is 0.190 e. The van der Waals surface area contributed by atoms with Gasteiger partial charge in [-0.2, -0.15) is 0 Å². The minimum Gasteiger partial charge on any atom is -0.337 e. The van der Waals surface area contributed by atoms with E-state index >= 15 is 0 Å². The number of hydrogen-bond donors (Lipinski definition) is 0. The SMILES string of the molecule is Clc1cccc(N=c2scc(-c3ccc(Br)cc3)n2CCCn2ccnc2)c1. The van der Waals surface area contributed by atoms with Gasteiger partial charge in [-0.15, -0.1) is 11.3 Å². The van der Waals surface area contributed by atoms with Gasteiger partial charge >= 0.3 is 0 Å². The normalized spacial score (nSPS) is 11.9. The third kappa shape index (κ3) is 4.63. The first-order chi connectivity index (χ1) is 13.7. The highest BCUT2D eigenvalue weighted by molar-refractivity contribution is 9.10. The zero-order valence-corrected chi connectivity index (χ0v) is 18.2. The van der Waals surface area contributed by atoms with E-state index in [1.54, 1.807) is 11.3 Å². The van der Waals surface area contributed by atoms with Gasteiger partial charge in [-0.25, -0.2) is 9.98 Å². The van der Waals surface area contributed by atoms with Crippen molar-refractivity contribution < 1.29 is 0 Å². The van der Waals surface area contributed by atoms with Crippen molar-refractivity contribution in [3.63, 3.8) is 0 Å². The minimum atomic E-state index is 0.692. The molecule has 0 aliphatic heterocycles. The molecule has 0 aliphatic rings. The van der Waals surface area contributed by atoms with Gasteiger partial charge in [0.05, 0.1) is 17.7 Å². The zero-order valence-electron chi connectivity index (χ0n) is 15.0. The van der Waals surface area contributed by atoms with Gasteiger partial charge in [0.15, 0.2) is 4.80 Å². The topological polar surface area (TPSA) is 35.1 Å². The van der Waals surface area contributed by atoms with Crippen LogP contribution in [0.5, 0.6) is 0 Å². The number of nitrogens with zero attached hydrogens (tertiary/aromatic N) is 4. The number of hydrogen-bond acceptors (Lipinski definition) is 3. The van der Waals surface area contributed by atoms with E-state index in [9.17, 15) is 0 Å². The molecule has 4 aromatic rings. The van der Waals surface area contributed by atoms with E-state index < -0.39 is 0 Å². The first-order valence-electron chi connectivity index (χ1n) is 8.89. The number of imidazole rings is 1. The third-order valence-electron chi connectivity index (χ3n) is 4.33. The van der Waals surface area contributed by atoms with E-state index in [0.29, 0.717) is 5.02 Å². The molecule has 28 heavy (non-hydrogen) atoms. The molecule has 0 N–H and O–H groups in total. The van der Waals surface area contributed by atoms with Gasteiger partial charge in [0.25, 0.3) is 0 Å². The van der Waals surface area contributed by atoms with Gasteiger partial charge in [0.2, 0.25) is 0 Å². The van der Waals surface area contributed by atoms with Crippen LogP contribution in [-0.2, 0) is 13.1 Å². The molecule has 0 fully saturated rings. The number of rotatable bonds is 6. The Bertz CT molecular complexity index is 1110. The van der Waals surface area contributed by atoms with E-state index in [1.165, 1.54) is 11.3 Å². The van der Waals surface area contributed by atoms with Crippen LogP contribution < -0.4 is 4.80 Å². The van der Waals surface area contributed by atoms with E-state index in [-0.39, 0.29) is 0 Å². The lowest BCUT2D eigenvalue weighted by molar-refractivity contribution is 0.559. The maximum atomic E-state index is 6.13. The lowest BCUT2D eigenvalue weighted by Gasteiger charge is -2.10. The Balaban J connectivity index is 1.69. The molecule has 0 atom stereocenters. The Morgan fingerprint density at radius 1 is 1.11 bits per heavy atom. The van der Waals surface area contributed by atoms with Crippen LogP contribution >= 0.6 is 38.9 Å². The predicted molar refractivity (Wildman–Crippen MR) is 119 cm³/mol. The van der Waals surface area contributed by atoms with E-state index in [2.05, 4.69) is 59.7 Å². The van der Waals surface area contributed by atoms with Crippen LogP contribution in [0.1, 0.15) is 6.42 Å². The van der Waals surface area contributed by atoms with E-state index in [1.807, 2.05) is 43.0 Å². The molecule has 4 rings (SSSR count). The molecule has 142 valence electrons. The summed E-state index contributed by atoms with van der Waals surface area (Å²) in [7, 11) is 0. The molecule has 2 aromatic heterocycles. The molecule has 0 saturated carbocycles. The number of halogens is 2. The highest BCUT2D eigenvalue weighted by Crippen LogP contribution is 2.24. The first kappa shape index (κ1) is 19.2. The second-order valence-corrected chi connectivity index (χ2v) is 8.50. The van der Waals surface area contributed by atoms with Gasteiger partial charge in [-0.05, 0) is 42.3 Å². The number of aryl methyl sites for hydroxylation is 1. The number of thiazole rings is 1. The van der Waals surface area contributed by atoms with Crippen LogP contribution in [0.3, 0.4) is 0 Å². The van der Waals surface area contributed by atoms with Crippen molar-refractivity contribution in [2.45, 2.75) is 19.5 Å². The second kappa shape index (κ2) is 8.90. The van der Waals surface area contributed by atoms with Crippen LogP contribution in [0.25, 0.3) is 11.3 Å². The fourth-order valence-electron chi connectivity index (χ4n) is 2.97. The van der Waals surface area contributed by atoms with Gasteiger partial charge < -0.3 is 9.13 Å². The average Bonchev–Trinajstić information content (AvgIpc) is 3.33. The van der Waals surface area contributed by atoms with Gasteiger partial charge in [0.1, 0.15) is 0 Å². The molecule has 0 aliphatic carbocycles. The largest absolute Gasteiger partial charge is 0.337 e. The van der Waals surface area contributed by atoms with Crippen LogP contribution in [0.4, 0.5) is 5.69 Å². The Kier molecular flexibility index (Phi) is 6.10. The molecule has 0 bridgehead atoms. The fourth-order valence-corrected chi connectivity index (χ4v) is 4.38. The summed E-state index contributed by atoms with van der Waals surface area (Å²) in [5.74, 6) is 0. The van der Waals surface area contributed by atoms with Crippen LogP contribution in [-0.4, -0.2) is 14.1 Å². The number of benzene rings is 2. The molecule has 0 radical (unpaired) electrons. The Labute approximate surface area is 180 Å². The van der Waals surface area contributed by atoms with Gasteiger partial charge in [0, 0.05) is 40.4 Å². The first-order valence-corrected chi connectivity index (χ1v) is 10.9. The smallest absolute Gasteiger partial charge is 0.190 e. The van der Waals surface area contributed by atoms with Crippen LogP contribution in [0.15, 0.2) is 82.1 Å². The summed E-state index contributed by atoms with van der Waals surface area (Å²) in [4.78, 5) is 9.93. The van der Waals surface area contributed by atoms with Crippen LogP contribution in [0.2, 0.25) is 5.02 Å². The summed E-state index contributed by atoms with van der Waals surface area (Å²) in [6.45, 7) is 1.78. The summed E-state index contributed by atoms with van der Waals surface area (Å²) in [5.41, 5.74) is 3.21. The summed E-state index contributed by atoms with van der Waals surface area (Å²) in [5, 5.41) is 2.86. The van der Waals surface area contributed by atoms with Crippen molar-refractivity contribution in [3.05, 3.63) is 86.9 Å². The molecular weight excluding hydrogens is 456 g/mol. The highest BCUT2D eigenvalue weighted by Gasteiger charge is 2.09. The Morgan fingerprint density at radius 2 is 1.96 bits per heavy atom. The summed E-state index contributed by atoms with van der Waals surface area (Å²) < 4.78 is 5.45. The summed E-state index contributed by atoms with van der Waals surface area (Å²) in [6, 6.07) is 16.0. The fraction of sp³-hybridized carbons (Fsp3) is 0.143. The second-order valence-electron chi connectivity index (χ2n) is 6.31. The molecule has 0 unspecified atom stereocenters. The van der Waals surface area contributed by atoms with Crippen molar-refractivity contribution >= 4 is 44.6 Å². The predicted octanol–water partition coefficient (Wildman–Crippen LogP) is 6.15. The molecule has 0 saturated heterocycles. The molecule has 2 heterocycles. The van der Waals surface area contributed by atoms with E-state index in [0.717, 1.165) is 34.5 Å². The van der Waals surface area contributed by atoms with Crippen LogP contribution in [0, 0.1) is 0 Å². The molecule has 0 spiro atoms. The van der Waals surface area contributed by atoms with E-state index in [4.69, 9.17) is 16.6 Å². The van der Waals surface area contributed by atoms with Crippen molar-refractivity contribution in [1.82, 2.24) is 14.1 Å². The maximum absolute atomic E-state index is 6.13. The van der Waals surface area contributed by atoms with Gasteiger partial charge in [-0.1, -0.05) is 45.7 Å². The van der Waals surface area contributed by atoms with Crippen molar-refractivity contribution in [1.29, 1.82) is 0 Å². The Hall–Kier alpha value is -2.15. The monoisotopic (exact) mass is 472 g/mol. The third-order valence-corrected chi connectivity index (χ3v) is 5.96. The minimum absolute atomic E-state index is 0.692. The van der Waals surface area contributed by atoms with Crippen molar-refractivity contribution in [3.8, 4) is 11.3 Å². The average molecular weight is 474 g/mol. The van der Waals surface area contributed by atoms with Crippen molar-refractivity contribution in [2.24, 2.45) is 4.99 Å². The summed E-state index contributed by atoms with van der Waals surface area (Å²) >= 11 is 11.3. The zero-order chi connectivity index (χ0) is 19.3.